The topological polar surface area (TPSA) is 52.3 Å². The van der Waals surface area contributed by atoms with Gasteiger partial charge in [0.25, 0.3) is 0 Å². The van der Waals surface area contributed by atoms with Gasteiger partial charge in [-0.25, -0.2) is 0 Å². The number of hydrogen-bond donors (Lipinski definition) is 1. The molecule has 1 heterocycles. The largest absolute Gasteiger partial charge is 0.370 e. The number of nitrogens with two attached hydrogens (primary N) is 1. The summed E-state index contributed by atoms with van der Waals surface area (Å²) in [6.45, 7) is 0.581. The summed E-state index contributed by atoms with van der Waals surface area (Å²) in [6.07, 6.45) is 3.15. The van der Waals surface area contributed by atoms with E-state index < -0.39 is 5.60 Å². The summed E-state index contributed by atoms with van der Waals surface area (Å²) >= 11 is 0. The Labute approximate surface area is 137 Å². The number of rotatable bonds is 5. The molecule has 2 aromatic carbocycles. The average Bonchev–Trinajstić information content (AvgIpc) is 2.62. The van der Waals surface area contributed by atoms with Gasteiger partial charge in [-0.05, 0) is 36.8 Å². The lowest BCUT2D eigenvalue weighted by molar-refractivity contribution is -0.139. The first-order valence-corrected chi connectivity index (χ1v) is 8.22. The highest BCUT2D eigenvalue weighted by molar-refractivity contribution is 5.76. The van der Waals surface area contributed by atoms with Gasteiger partial charge in [0, 0.05) is 12.5 Å². The van der Waals surface area contributed by atoms with Gasteiger partial charge >= 0.3 is 0 Å². The van der Waals surface area contributed by atoms with E-state index >= 15 is 0 Å². The molecule has 3 rings (SSSR count). The molecule has 1 aliphatic heterocycles. The van der Waals surface area contributed by atoms with E-state index in [4.69, 9.17) is 10.5 Å². The van der Waals surface area contributed by atoms with Gasteiger partial charge < -0.3 is 10.5 Å². The number of carbonyl (C=O) groups excluding carboxylic acids is 1. The van der Waals surface area contributed by atoms with Crippen LogP contribution in [-0.2, 0) is 21.6 Å². The average molecular weight is 309 g/mol. The lowest BCUT2D eigenvalue weighted by Gasteiger charge is -2.41. The van der Waals surface area contributed by atoms with Gasteiger partial charge in [-0.1, -0.05) is 60.7 Å². The fraction of sp³-hybridized carbons (Fsp3) is 0.350. The molecule has 2 aromatic rings. The summed E-state index contributed by atoms with van der Waals surface area (Å²) < 4.78 is 6.25. The Morgan fingerprint density at radius 3 is 2.39 bits per heavy atom. The molecular formula is C20H23NO2. The first-order valence-electron chi connectivity index (χ1n) is 8.22. The number of ether oxygens (including phenoxy) is 1. The maximum Gasteiger partial charge on any atom is 0.220 e. The van der Waals surface area contributed by atoms with Crippen LogP contribution in [0.5, 0.6) is 0 Å². The Hall–Kier alpha value is -2.13. The normalized spacial score (nSPS) is 24.3. The SMILES string of the molecule is NC(=O)C1CCOC(CCc2ccccc2)(c2ccccc2)C1. The number of primary amides is 1. The summed E-state index contributed by atoms with van der Waals surface area (Å²) in [5, 5.41) is 0. The number of benzene rings is 2. The fourth-order valence-electron chi connectivity index (χ4n) is 3.45. The van der Waals surface area contributed by atoms with Crippen LogP contribution in [0.2, 0.25) is 0 Å². The number of amides is 1. The second-order valence-electron chi connectivity index (χ2n) is 6.29. The maximum absolute atomic E-state index is 11.7. The van der Waals surface area contributed by atoms with Crippen molar-refractivity contribution in [3.05, 3.63) is 71.8 Å². The molecule has 2 unspecified atom stereocenters. The van der Waals surface area contributed by atoms with Crippen LogP contribution in [0.3, 0.4) is 0 Å². The van der Waals surface area contributed by atoms with E-state index in [1.54, 1.807) is 0 Å². The van der Waals surface area contributed by atoms with Crippen molar-refractivity contribution in [2.75, 3.05) is 6.61 Å². The molecule has 2 atom stereocenters. The smallest absolute Gasteiger partial charge is 0.220 e. The Kier molecular flexibility index (Phi) is 4.77. The van der Waals surface area contributed by atoms with Crippen LogP contribution in [0, 0.1) is 5.92 Å². The molecule has 1 amide bonds. The van der Waals surface area contributed by atoms with Gasteiger partial charge in [0.1, 0.15) is 0 Å². The van der Waals surface area contributed by atoms with Crippen LogP contribution in [0.4, 0.5) is 0 Å². The highest BCUT2D eigenvalue weighted by Crippen LogP contribution is 2.41. The van der Waals surface area contributed by atoms with Crippen molar-refractivity contribution in [3.63, 3.8) is 0 Å². The minimum Gasteiger partial charge on any atom is -0.370 e. The standard InChI is InChI=1S/C20H23NO2/c21-19(22)17-12-14-23-20(15-17,18-9-5-2-6-10-18)13-11-16-7-3-1-4-8-16/h1-10,17H,11-15H2,(H2,21,22). The molecule has 0 aliphatic carbocycles. The zero-order chi connectivity index (χ0) is 16.1. The van der Waals surface area contributed by atoms with Crippen molar-refractivity contribution >= 4 is 5.91 Å². The first-order chi connectivity index (χ1) is 11.2. The Bertz CT molecular complexity index is 641. The Morgan fingerprint density at radius 2 is 1.74 bits per heavy atom. The highest BCUT2D eigenvalue weighted by Gasteiger charge is 2.40. The molecule has 2 N–H and O–H groups in total. The molecule has 0 radical (unpaired) electrons. The molecule has 1 saturated heterocycles. The van der Waals surface area contributed by atoms with Crippen molar-refractivity contribution in [3.8, 4) is 0 Å². The van der Waals surface area contributed by atoms with Crippen molar-refractivity contribution in [2.24, 2.45) is 11.7 Å². The molecule has 0 saturated carbocycles. The van der Waals surface area contributed by atoms with Crippen LogP contribution in [0.25, 0.3) is 0 Å². The molecule has 23 heavy (non-hydrogen) atoms. The van der Waals surface area contributed by atoms with Crippen molar-refractivity contribution in [2.45, 2.75) is 31.3 Å². The Balaban J connectivity index is 1.86. The number of aryl methyl sites for hydroxylation is 1. The number of carbonyl (C=O) groups is 1. The summed E-state index contributed by atoms with van der Waals surface area (Å²) in [7, 11) is 0. The van der Waals surface area contributed by atoms with E-state index in [0.717, 1.165) is 24.8 Å². The monoisotopic (exact) mass is 309 g/mol. The molecule has 0 bridgehead atoms. The van der Waals surface area contributed by atoms with E-state index in [1.807, 2.05) is 24.3 Å². The van der Waals surface area contributed by atoms with E-state index in [-0.39, 0.29) is 11.8 Å². The van der Waals surface area contributed by atoms with Crippen LogP contribution < -0.4 is 5.73 Å². The van der Waals surface area contributed by atoms with E-state index in [2.05, 4.69) is 36.4 Å². The summed E-state index contributed by atoms with van der Waals surface area (Å²) in [5.41, 5.74) is 7.58. The van der Waals surface area contributed by atoms with E-state index in [1.165, 1.54) is 5.56 Å². The van der Waals surface area contributed by atoms with Gasteiger partial charge in [-0.15, -0.1) is 0 Å². The predicted molar refractivity (Wildman–Crippen MR) is 90.8 cm³/mol. The van der Waals surface area contributed by atoms with Gasteiger partial charge in [-0.3, -0.25) is 4.79 Å². The summed E-state index contributed by atoms with van der Waals surface area (Å²) in [6, 6.07) is 20.6. The lowest BCUT2D eigenvalue weighted by Crippen LogP contribution is -2.42. The molecule has 3 heteroatoms. The van der Waals surface area contributed by atoms with Gasteiger partial charge in [0.15, 0.2) is 0 Å². The second kappa shape index (κ2) is 6.97. The predicted octanol–water partition coefficient (Wildman–Crippen LogP) is 3.43. The molecule has 120 valence electrons. The second-order valence-corrected chi connectivity index (χ2v) is 6.29. The van der Waals surface area contributed by atoms with Crippen LogP contribution >= 0.6 is 0 Å². The third-order valence-corrected chi connectivity index (χ3v) is 4.78. The molecular weight excluding hydrogens is 286 g/mol. The molecule has 1 fully saturated rings. The zero-order valence-electron chi connectivity index (χ0n) is 13.3. The zero-order valence-corrected chi connectivity index (χ0v) is 13.3. The van der Waals surface area contributed by atoms with Crippen LogP contribution in [0.15, 0.2) is 60.7 Å². The van der Waals surface area contributed by atoms with Crippen LogP contribution in [-0.4, -0.2) is 12.5 Å². The third-order valence-electron chi connectivity index (χ3n) is 4.78. The molecule has 3 nitrogen and oxygen atoms in total. The highest BCUT2D eigenvalue weighted by atomic mass is 16.5. The van der Waals surface area contributed by atoms with E-state index in [9.17, 15) is 4.79 Å². The quantitative estimate of drug-likeness (QED) is 0.920. The van der Waals surface area contributed by atoms with Crippen LogP contribution in [0.1, 0.15) is 30.4 Å². The third kappa shape index (κ3) is 3.62. The molecule has 0 aromatic heterocycles. The van der Waals surface area contributed by atoms with Gasteiger partial charge in [0.05, 0.1) is 5.60 Å². The molecule has 1 aliphatic rings. The summed E-state index contributed by atoms with van der Waals surface area (Å²) in [5.74, 6) is -0.326. The lowest BCUT2D eigenvalue weighted by atomic mass is 9.77. The van der Waals surface area contributed by atoms with Gasteiger partial charge in [-0.2, -0.15) is 0 Å². The fourth-order valence-corrected chi connectivity index (χ4v) is 3.45. The maximum atomic E-state index is 11.7. The Morgan fingerprint density at radius 1 is 1.09 bits per heavy atom. The minimum absolute atomic E-state index is 0.111. The molecule has 0 spiro atoms. The van der Waals surface area contributed by atoms with Crippen molar-refractivity contribution in [1.29, 1.82) is 0 Å². The summed E-state index contributed by atoms with van der Waals surface area (Å²) in [4.78, 5) is 11.7. The first kappa shape index (κ1) is 15.8. The number of hydrogen-bond acceptors (Lipinski definition) is 2. The minimum atomic E-state index is -0.422. The van der Waals surface area contributed by atoms with Gasteiger partial charge in [0.2, 0.25) is 5.91 Å². The van der Waals surface area contributed by atoms with E-state index in [0.29, 0.717) is 13.0 Å². The van der Waals surface area contributed by atoms with Crippen molar-refractivity contribution in [1.82, 2.24) is 0 Å². The van der Waals surface area contributed by atoms with Crippen molar-refractivity contribution < 1.29 is 9.53 Å².